The number of rotatable bonds is 0. The third kappa shape index (κ3) is 2.36. The predicted molar refractivity (Wildman–Crippen MR) is 65.3 cm³/mol. The Labute approximate surface area is 125 Å². The van der Waals surface area contributed by atoms with Crippen molar-refractivity contribution in [3.63, 3.8) is 0 Å². The molecule has 0 aliphatic carbocycles. The van der Waals surface area contributed by atoms with E-state index in [2.05, 4.69) is 0 Å². The summed E-state index contributed by atoms with van der Waals surface area (Å²) in [4.78, 5) is 0. The molecule has 8 atom stereocenters. The van der Waals surface area contributed by atoms with Gasteiger partial charge in [0, 0.05) is 0 Å². The fourth-order valence-electron chi connectivity index (χ4n) is 2.80. The third-order valence-electron chi connectivity index (χ3n) is 4.37. The maximum atomic E-state index is 10.0. The Kier molecular flexibility index (Phi) is 4.19. The van der Waals surface area contributed by atoms with E-state index in [1.165, 1.54) is 0 Å². The Balaban J connectivity index is 1.72. The lowest BCUT2D eigenvalue weighted by Crippen LogP contribution is -2.72. The molecule has 3 aliphatic rings. The van der Waals surface area contributed by atoms with Crippen molar-refractivity contribution in [2.24, 2.45) is 0 Å². The molecule has 0 aromatic carbocycles. The second-order valence-corrected chi connectivity index (χ2v) is 5.83. The highest BCUT2D eigenvalue weighted by Crippen LogP contribution is 2.38. The van der Waals surface area contributed by atoms with Gasteiger partial charge < -0.3 is 49.6 Å². The molecule has 0 aromatic heterocycles. The molecule has 3 saturated heterocycles. The van der Waals surface area contributed by atoms with Crippen LogP contribution < -0.4 is 0 Å². The average molecular weight is 324 g/mol. The number of aliphatic hydroxyl groups excluding tert-OH is 6. The van der Waals surface area contributed by atoms with Crippen LogP contribution in [-0.2, 0) is 18.9 Å². The van der Waals surface area contributed by atoms with Gasteiger partial charge in [-0.25, -0.2) is 0 Å². The molecular formula is C12H20O10. The van der Waals surface area contributed by atoms with Gasteiger partial charge in [0.25, 0.3) is 0 Å². The molecule has 128 valence electrons. The normalized spacial score (nSPS) is 56.5. The maximum absolute atomic E-state index is 10.0. The van der Waals surface area contributed by atoms with Crippen molar-refractivity contribution in [2.75, 3.05) is 26.4 Å². The number of aliphatic hydroxyl groups is 6. The Morgan fingerprint density at radius 2 is 0.955 bits per heavy atom. The molecule has 10 heteroatoms. The first-order valence-electron chi connectivity index (χ1n) is 6.95. The highest BCUT2D eigenvalue weighted by atomic mass is 16.8. The van der Waals surface area contributed by atoms with E-state index in [9.17, 15) is 30.6 Å². The zero-order valence-corrected chi connectivity index (χ0v) is 11.6. The van der Waals surface area contributed by atoms with Crippen molar-refractivity contribution in [2.45, 2.75) is 48.2 Å². The molecule has 0 saturated carbocycles. The van der Waals surface area contributed by atoms with Gasteiger partial charge >= 0.3 is 0 Å². The fraction of sp³-hybridized carbons (Fsp3) is 1.00. The van der Waals surface area contributed by atoms with Crippen molar-refractivity contribution >= 4 is 0 Å². The first-order valence-corrected chi connectivity index (χ1v) is 6.95. The molecule has 10 nitrogen and oxygen atoms in total. The van der Waals surface area contributed by atoms with Crippen LogP contribution in [0.15, 0.2) is 0 Å². The van der Waals surface area contributed by atoms with E-state index in [1.807, 2.05) is 0 Å². The predicted octanol–water partition coefficient (Wildman–Crippen LogP) is -4.35. The average Bonchev–Trinajstić information content (AvgIpc) is 2.53. The lowest BCUT2D eigenvalue weighted by Gasteiger charge is -2.53. The fourth-order valence-corrected chi connectivity index (χ4v) is 2.80. The van der Waals surface area contributed by atoms with Crippen LogP contribution >= 0.6 is 0 Å². The molecule has 4 unspecified atom stereocenters. The van der Waals surface area contributed by atoms with Crippen LogP contribution in [0.2, 0.25) is 0 Å². The molecule has 6 N–H and O–H groups in total. The van der Waals surface area contributed by atoms with Gasteiger partial charge in [0.05, 0.1) is 13.2 Å². The SMILES string of the molecule is OC1C(O)[C@@]2(CO[C@]3(CO2)OC[C@@H](O)C(O)C3O)OC[C@H]1O. The smallest absolute Gasteiger partial charge is 0.221 e. The summed E-state index contributed by atoms with van der Waals surface area (Å²) in [6, 6.07) is 0. The molecule has 0 radical (unpaired) electrons. The summed E-state index contributed by atoms with van der Waals surface area (Å²) in [7, 11) is 0. The number of ether oxygens (including phenoxy) is 4. The molecule has 0 bridgehead atoms. The minimum atomic E-state index is -1.70. The van der Waals surface area contributed by atoms with Crippen LogP contribution in [0.3, 0.4) is 0 Å². The second-order valence-electron chi connectivity index (χ2n) is 5.83. The minimum absolute atomic E-state index is 0.265. The molecule has 22 heavy (non-hydrogen) atoms. The summed E-state index contributed by atoms with van der Waals surface area (Å²) in [5, 5.41) is 58.4. The molecule has 0 amide bonds. The van der Waals surface area contributed by atoms with Gasteiger partial charge in [-0.1, -0.05) is 0 Å². The van der Waals surface area contributed by atoms with E-state index in [-0.39, 0.29) is 13.2 Å². The van der Waals surface area contributed by atoms with Crippen molar-refractivity contribution in [3.05, 3.63) is 0 Å². The van der Waals surface area contributed by atoms with Crippen LogP contribution in [0, 0.1) is 0 Å². The van der Waals surface area contributed by atoms with Crippen LogP contribution in [0.5, 0.6) is 0 Å². The summed E-state index contributed by atoms with van der Waals surface area (Å²) < 4.78 is 21.4. The van der Waals surface area contributed by atoms with E-state index in [0.29, 0.717) is 0 Å². The largest absolute Gasteiger partial charge is 0.388 e. The Morgan fingerprint density at radius 3 is 1.27 bits per heavy atom. The van der Waals surface area contributed by atoms with Crippen LogP contribution in [0.4, 0.5) is 0 Å². The lowest BCUT2D eigenvalue weighted by atomic mass is 9.93. The zero-order valence-electron chi connectivity index (χ0n) is 11.6. The van der Waals surface area contributed by atoms with Gasteiger partial charge in [0.2, 0.25) is 11.6 Å². The third-order valence-corrected chi connectivity index (χ3v) is 4.37. The number of hydrogen-bond donors (Lipinski definition) is 6. The topological polar surface area (TPSA) is 158 Å². The summed E-state index contributed by atoms with van der Waals surface area (Å²) in [6.45, 7) is -1.34. The van der Waals surface area contributed by atoms with Gasteiger partial charge in [-0.2, -0.15) is 0 Å². The lowest BCUT2D eigenvalue weighted by molar-refractivity contribution is -0.450. The van der Waals surface area contributed by atoms with Gasteiger partial charge in [0.1, 0.15) is 49.8 Å². The Bertz CT molecular complexity index is 371. The number of hydrogen-bond acceptors (Lipinski definition) is 10. The van der Waals surface area contributed by atoms with E-state index in [0.717, 1.165) is 0 Å². The van der Waals surface area contributed by atoms with Crippen molar-refractivity contribution < 1.29 is 49.6 Å². The van der Waals surface area contributed by atoms with Crippen molar-refractivity contribution in [1.29, 1.82) is 0 Å². The van der Waals surface area contributed by atoms with Gasteiger partial charge in [-0.05, 0) is 0 Å². The van der Waals surface area contributed by atoms with Crippen molar-refractivity contribution in [1.82, 2.24) is 0 Å². The monoisotopic (exact) mass is 324 g/mol. The Morgan fingerprint density at radius 1 is 0.591 bits per heavy atom. The molecule has 3 fully saturated rings. The summed E-state index contributed by atoms with van der Waals surface area (Å²) in [6.07, 6.45) is -8.59. The summed E-state index contributed by atoms with van der Waals surface area (Å²) in [5.41, 5.74) is 0. The van der Waals surface area contributed by atoms with Crippen LogP contribution in [0.25, 0.3) is 0 Å². The molecule has 3 heterocycles. The summed E-state index contributed by atoms with van der Waals surface area (Å²) in [5.74, 6) is -3.40. The molecule has 3 rings (SSSR count). The quantitative estimate of drug-likeness (QED) is 0.257. The van der Waals surface area contributed by atoms with Crippen molar-refractivity contribution in [3.8, 4) is 0 Å². The first kappa shape index (κ1) is 16.5. The van der Waals surface area contributed by atoms with Crippen LogP contribution in [-0.4, -0.2) is 105 Å². The highest BCUT2D eigenvalue weighted by Gasteiger charge is 2.60. The molecular weight excluding hydrogens is 304 g/mol. The molecule has 0 aromatic rings. The standard InChI is InChI=1S/C12H20O10/c13-5-1-19-11(9(17)7(5)15)3-22-12(4-21-11)10(18)8(16)6(14)2-20-12/h5-10,13-18H,1-4H2/t5-,6-,7?,8?,9?,10?,11+,12+/m1/s1. The van der Waals surface area contributed by atoms with Gasteiger partial charge in [-0.3, -0.25) is 0 Å². The molecule has 2 spiro atoms. The highest BCUT2D eigenvalue weighted by molar-refractivity contribution is 5.00. The zero-order chi connectivity index (χ0) is 16.1. The maximum Gasteiger partial charge on any atom is 0.221 e. The molecule has 3 aliphatic heterocycles. The van der Waals surface area contributed by atoms with E-state index < -0.39 is 61.4 Å². The first-order chi connectivity index (χ1) is 10.3. The van der Waals surface area contributed by atoms with Crippen LogP contribution in [0.1, 0.15) is 0 Å². The van der Waals surface area contributed by atoms with Gasteiger partial charge in [0.15, 0.2) is 0 Å². The van der Waals surface area contributed by atoms with E-state index in [1.54, 1.807) is 0 Å². The van der Waals surface area contributed by atoms with Gasteiger partial charge in [-0.15, -0.1) is 0 Å². The second kappa shape index (κ2) is 5.60. The summed E-state index contributed by atoms with van der Waals surface area (Å²) >= 11 is 0. The Hall–Kier alpha value is -0.400. The van der Waals surface area contributed by atoms with E-state index >= 15 is 0 Å². The van der Waals surface area contributed by atoms with E-state index in [4.69, 9.17) is 18.9 Å². The minimum Gasteiger partial charge on any atom is -0.388 e.